The highest BCUT2D eigenvalue weighted by molar-refractivity contribution is 5.94. The van der Waals surface area contributed by atoms with Gasteiger partial charge in [0, 0.05) is 6.20 Å². The maximum Gasteiger partial charge on any atom is 0.338 e. The summed E-state index contributed by atoms with van der Waals surface area (Å²) < 4.78 is 5.18. The maximum atomic E-state index is 10.7. The van der Waals surface area contributed by atoms with E-state index in [1.54, 1.807) is 0 Å². The normalized spacial score (nSPS) is 9.79. The van der Waals surface area contributed by atoms with Crippen molar-refractivity contribution in [1.82, 2.24) is 4.98 Å². The summed E-state index contributed by atoms with van der Waals surface area (Å²) in [6.45, 7) is 2.41. The van der Waals surface area contributed by atoms with Crippen molar-refractivity contribution < 1.29 is 14.6 Å². The first-order chi connectivity index (χ1) is 6.66. The lowest BCUT2D eigenvalue weighted by Crippen LogP contribution is -2.07. The molecule has 0 aliphatic heterocycles. The molecule has 0 aromatic carbocycles. The smallest absolute Gasteiger partial charge is 0.338 e. The van der Waals surface area contributed by atoms with Crippen molar-refractivity contribution in [3.8, 4) is 5.88 Å². The number of ether oxygens (including phenoxy) is 1. The Hall–Kier alpha value is -1.78. The molecule has 0 bridgehead atoms. The molecule has 1 heterocycles. The number of hydrogen-bond acceptors (Lipinski definition) is 4. The Labute approximate surface area is 81.5 Å². The van der Waals surface area contributed by atoms with Gasteiger partial charge in [-0.25, -0.2) is 9.78 Å². The fraction of sp³-hybridized carbons (Fsp3) is 0.333. The van der Waals surface area contributed by atoms with E-state index in [0.29, 0.717) is 6.61 Å². The molecule has 0 spiro atoms. The van der Waals surface area contributed by atoms with E-state index >= 15 is 0 Å². The molecule has 0 unspecified atom stereocenters. The van der Waals surface area contributed by atoms with Crippen LogP contribution in [-0.4, -0.2) is 22.7 Å². The zero-order valence-corrected chi connectivity index (χ0v) is 7.86. The summed E-state index contributed by atoms with van der Waals surface area (Å²) in [6, 6.07) is 1.34. The Balaban J connectivity index is 2.95. The van der Waals surface area contributed by atoms with E-state index in [1.807, 2.05) is 6.92 Å². The van der Waals surface area contributed by atoms with E-state index in [1.165, 1.54) is 12.3 Å². The van der Waals surface area contributed by atoms with E-state index < -0.39 is 5.97 Å². The average molecular weight is 196 g/mol. The van der Waals surface area contributed by atoms with Gasteiger partial charge in [-0.05, 0) is 12.5 Å². The predicted molar refractivity (Wildman–Crippen MR) is 51.4 cm³/mol. The number of nitrogens with two attached hydrogens (primary N) is 1. The van der Waals surface area contributed by atoms with Gasteiger partial charge in [-0.1, -0.05) is 6.92 Å². The Morgan fingerprint density at radius 1 is 1.71 bits per heavy atom. The predicted octanol–water partition coefficient (Wildman–Crippen LogP) is 1.15. The first-order valence-electron chi connectivity index (χ1n) is 4.27. The van der Waals surface area contributed by atoms with Gasteiger partial charge < -0.3 is 15.6 Å². The van der Waals surface area contributed by atoms with Gasteiger partial charge in [0.2, 0.25) is 5.88 Å². The van der Waals surface area contributed by atoms with E-state index in [0.717, 1.165) is 6.42 Å². The first-order valence-corrected chi connectivity index (χ1v) is 4.27. The zero-order chi connectivity index (χ0) is 10.6. The molecule has 3 N–H and O–H groups in total. The van der Waals surface area contributed by atoms with Gasteiger partial charge in [0.15, 0.2) is 0 Å². The summed E-state index contributed by atoms with van der Waals surface area (Å²) in [4.78, 5) is 14.5. The molecule has 76 valence electrons. The molecular formula is C9H12N2O3. The number of nitrogen functional groups attached to an aromatic ring is 1. The molecule has 0 radical (unpaired) electrons. The molecule has 0 saturated heterocycles. The second kappa shape index (κ2) is 4.45. The molecule has 0 aliphatic rings. The Morgan fingerprint density at radius 2 is 2.43 bits per heavy atom. The van der Waals surface area contributed by atoms with E-state index in [-0.39, 0.29) is 17.1 Å². The molecule has 0 amide bonds. The van der Waals surface area contributed by atoms with Crippen LogP contribution in [0.25, 0.3) is 0 Å². The number of aromatic nitrogens is 1. The minimum Gasteiger partial charge on any atom is -0.478 e. The highest BCUT2D eigenvalue weighted by atomic mass is 16.5. The maximum absolute atomic E-state index is 10.7. The van der Waals surface area contributed by atoms with Crippen LogP contribution in [-0.2, 0) is 0 Å². The summed E-state index contributed by atoms with van der Waals surface area (Å²) >= 11 is 0. The van der Waals surface area contributed by atoms with E-state index in [4.69, 9.17) is 15.6 Å². The van der Waals surface area contributed by atoms with E-state index in [2.05, 4.69) is 4.98 Å². The van der Waals surface area contributed by atoms with Crippen molar-refractivity contribution in [2.75, 3.05) is 12.3 Å². The van der Waals surface area contributed by atoms with Crippen LogP contribution in [0.4, 0.5) is 5.69 Å². The molecule has 1 rings (SSSR count). The molecule has 14 heavy (non-hydrogen) atoms. The number of pyridine rings is 1. The van der Waals surface area contributed by atoms with Gasteiger partial charge in [-0.15, -0.1) is 0 Å². The van der Waals surface area contributed by atoms with Crippen LogP contribution in [0.1, 0.15) is 23.7 Å². The third kappa shape index (κ3) is 2.12. The average Bonchev–Trinajstić information content (AvgIpc) is 2.16. The van der Waals surface area contributed by atoms with Gasteiger partial charge in [0.25, 0.3) is 0 Å². The monoisotopic (exact) mass is 196 g/mol. The Kier molecular flexibility index (Phi) is 3.28. The lowest BCUT2D eigenvalue weighted by atomic mass is 10.2. The second-order valence-corrected chi connectivity index (χ2v) is 2.73. The van der Waals surface area contributed by atoms with Gasteiger partial charge in [-0.3, -0.25) is 0 Å². The van der Waals surface area contributed by atoms with Crippen molar-refractivity contribution in [1.29, 1.82) is 0 Å². The largest absolute Gasteiger partial charge is 0.478 e. The van der Waals surface area contributed by atoms with Gasteiger partial charge in [0.05, 0.1) is 12.2 Å². The van der Waals surface area contributed by atoms with Crippen LogP contribution >= 0.6 is 0 Å². The SMILES string of the molecule is CCCOc1nccc(C(=O)O)c1N. The summed E-state index contributed by atoms with van der Waals surface area (Å²) in [5.74, 6) is -0.891. The fourth-order valence-corrected chi connectivity index (χ4v) is 0.954. The highest BCUT2D eigenvalue weighted by Gasteiger charge is 2.12. The van der Waals surface area contributed by atoms with E-state index in [9.17, 15) is 4.79 Å². The minimum atomic E-state index is -1.08. The van der Waals surface area contributed by atoms with Crippen LogP contribution in [0.5, 0.6) is 5.88 Å². The summed E-state index contributed by atoms with van der Waals surface area (Å²) in [6.07, 6.45) is 2.18. The minimum absolute atomic E-state index is 0.0195. The topological polar surface area (TPSA) is 85.4 Å². The Bertz CT molecular complexity index is 339. The molecule has 5 nitrogen and oxygen atoms in total. The highest BCUT2D eigenvalue weighted by Crippen LogP contribution is 2.22. The quantitative estimate of drug-likeness (QED) is 0.754. The lowest BCUT2D eigenvalue weighted by molar-refractivity contribution is 0.0697. The van der Waals surface area contributed by atoms with Crippen molar-refractivity contribution in [2.45, 2.75) is 13.3 Å². The number of aromatic carboxylic acids is 1. The molecule has 0 saturated carbocycles. The van der Waals surface area contributed by atoms with Crippen LogP contribution in [0, 0.1) is 0 Å². The number of nitrogens with zero attached hydrogens (tertiary/aromatic N) is 1. The molecule has 0 aliphatic carbocycles. The number of hydrogen-bond donors (Lipinski definition) is 2. The number of anilines is 1. The Morgan fingerprint density at radius 3 is 3.00 bits per heavy atom. The zero-order valence-electron chi connectivity index (χ0n) is 7.86. The van der Waals surface area contributed by atoms with Crippen LogP contribution in [0.3, 0.4) is 0 Å². The summed E-state index contributed by atoms with van der Waals surface area (Å²) in [5, 5.41) is 8.75. The number of rotatable bonds is 4. The number of carboxylic acid groups (broad SMARTS) is 1. The van der Waals surface area contributed by atoms with Crippen LogP contribution < -0.4 is 10.5 Å². The second-order valence-electron chi connectivity index (χ2n) is 2.73. The summed E-state index contributed by atoms with van der Waals surface area (Å²) in [5.41, 5.74) is 5.65. The molecule has 0 fully saturated rings. The third-order valence-corrected chi connectivity index (χ3v) is 1.63. The molecule has 1 aromatic rings. The van der Waals surface area contributed by atoms with Gasteiger partial charge >= 0.3 is 5.97 Å². The van der Waals surface area contributed by atoms with Crippen LogP contribution in [0.2, 0.25) is 0 Å². The van der Waals surface area contributed by atoms with Crippen molar-refractivity contribution >= 4 is 11.7 Å². The molecule has 0 atom stereocenters. The molecule has 1 aromatic heterocycles. The van der Waals surface area contributed by atoms with Crippen molar-refractivity contribution in [2.24, 2.45) is 0 Å². The van der Waals surface area contributed by atoms with Crippen molar-refractivity contribution in [3.63, 3.8) is 0 Å². The molecule has 5 heteroatoms. The standard InChI is InChI=1S/C9H12N2O3/c1-2-5-14-8-7(10)6(9(12)13)3-4-11-8/h3-4H,2,5,10H2,1H3,(H,12,13). The lowest BCUT2D eigenvalue weighted by Gasteiger charge is -2.07. The fourth-order valence-electron chi connectivity index (χ4n) is 0.954. The van der Waals surface area contributed by atoms with Crippen molar-refractivity contribution in [3.05, 3.63) is 17.8 Å². The van der Waals surface area contributed by atoms with Gasteiger partial charge in [-0.2, -0.15) is 0 Å². The number of carboxylic acids is 1. The van der Waals surface area contributed by atoms with Crippen LogP contribution in [0.15, 0.2) is 12.3 Å². The first kappa shape index (κ1) is 10.3. The number of carbonyl (C=O) groups is 1. The summed E-state index contributed by atoms with van der Waals surface area (Å²) in [7, 11) is 0. The van der Waals surface area contributed by atoms with Gasteiger partial charge in [0.1, 0.15) is 5.69 Å². The molecular weight excluding hydrogens is 184 g/mol. The third-order valence-electron chi connectivity index (χ3n) is 1.63.